The van der Waals surface area contributed by atoms with Gasteiger partial charge in [-0.2, -0.15) is 0 Å². The molecule has 6 nitrogen and oxygen atoms in total. The quantitative estimate of drug-likeness (QED) is 0.128. The summed E-state index contributed by atoms with van der Waals surface area (Å²) in [7, 11) is 0. The molecule has 0 aromatic carbocycles. The number of carbonyl (C=O) groups is 3. The average Bonchev–Trinajstić information content (AvgIpc) is 3.94. The minimum atomic E-state index is -0.141. The molecule has 0 aromatic rings. The second-order valence-corrected chi connectivity index (χ2v) is 24.8. The van der Waals surface area contributed by atoms with Crippen LogP contribution in [-0.2, 0) is 14.4 Å². The van der Waals surface area contributed by atoms with Gasteiger partial charge in [0, 0.05) is 34.4 Å². The highest BCUT2D eigenvalue weighted by Gasteiger charge is 2.31. The Bertz CT molecular complexity index is 1240. The van der Waals surface area contributed by atoms with E-state index >= 15 is 0 Å². The predicted octanol–water partition coefficient (Wildman–Crippen LogP) is 14.4. The predicted molar refractivity (Wildman–Crippen MR) is 258 cm³/mol. The first-order chi connectivity index (χ1) is 27.8. The monoisotopic (exact) mass is 840 g/mol. The Labute approximate surface area is 373 Å². The molecule has 3 N–H and O–H groups in total. The minimum Gasteiger partial charge on any atom is -0.351 e. The Kier molecular flexibility index (Phi) is 23.6. The van der Waals surface area contributed by atoms with Crippen molar-refractivity contribution in [1.82, 2.24) is 16.0 Å². The summed E-state index contributed by atoms with van der Waals surface area (Å²) in [5.41, 5.74) is 0.965. The molecule has 0 saturated heterocycles. The first-order valence-electron chi connectivity index (χ1n) is 25.4. The third kappa shape index (κ3) is 25.9. The van der Waals surface area contributed by atoms with E-state index in [1.54, 1.807) is 0 Å². The summed E-state index contributed by atoms with van der Waals surface area (Å²) in [6.07, 6.45) is 31.9. The zero-order valence-corrected chi connectivity index (χ0v) is 42.2. The van der Waals surface area contributed by atoms with Gasteiger partial charge in [0.1, 0.15) is 0 Å². The Morgan fingerprint density at radius 3 is 1.07 bits per heavy atom. The lowest BCUT2D eigenvalue weighted by Crippen LogP contribution is -2.44. The topological polar surface area (TPSA) is 87.3 Å². The summed E-state index contributed by atoms with van der Waals surface area (Å²) < 4.78 is 0. The molecule has 4 saturated carbocycles. The van der Waals surface area contributed by atoms with E-state index in [1.165, 1.54) is 122 Å². The molecule has 4 rings (SSSR count). The smallest absolute Gasteiger partial charge is 0.223 e. The van der Waals surface area contributed by atoms with Crippen molar-refractivity contribution in [3.8, 4) is 0 Å². The highest BCUT2D eigenvalue weighted by atomic mass is 16.2. The van der Waals surface area contributed by atoms with Crippen molar-refractivity contribution < 1.29 is 14.4 Å². The summed E-state index contributed by atoms with van der Waals surface area (Å²) in [6.45, 7) is 31.3. The molecule has 0 radical (unpaired) electrons. The lowest BCUT2D eigenvalue weighted by Gasteiger charge is -2.29. The van der Waals surface area contributed by atoms with Gasteiger partial charge in [0.05, 0.1) is 0 Å². The SMILES string of the molecule is C=C(C)CC(CCC1CCCC1)C(=O)NC(C)(C)C.CC(C)(C)CC(CCC1CCCC1)C(=O)NC(C)(C)C.CC(C)(C)NC(=O)C(CCC1CCCC1)CC1CCCC1. The normalized spacial score (nSPS) is 20.1. The van der Waals surface area contributed by atoms with E-state index in [0.717, 1.165) is 67.8 Å². The molecule has 3 amide bonds. The van der Waals surface area contributed by atoms with E-state index in [1.807, 2.05) is 27.7 Å². The van der Waals surface area contributed by atoms with Gasteiger partial charge in [0.25, 0.3) is 0 Å². The Morgan fingerprint density at radius 2 is 0.750 bits per heavy atom. The molecule has 0 spiro atoms. The maximum absolute atomic E-state index is 12.6. The highest BCUT2D eigenvalue weighted by molar-refractivity contribution is 5.80. The van der Waals surface area contributed by atoms with Crippen LogP contribution < -0.4 is 16.0 Å². The van der Waals surface area contributed by atoms with Crippen molar-refractivity contribution in [3.05, 3.63) is 12.2 Å². The van der Waals surface area contributed by atoms with Crippen LogP contribution in [-0.4, -0.2) is 34.3 Å². The van der Waals surface area contributed by atoms with Crippen LogP contribution in [0.25, 0.3) is 0 Å². The van der Waals surface area contributed by atoms with Crippen LogP contribution in [0, 0.1) is 46.8 Å². The van der Waals surface area contributed by atoms with Crippen molar-refractivity contribution in [2.45, 2.75) is 267 Å². The first kappa shape index (κ1) is 54.3. The number of nitrogens with one attached hydrogen (secondary N) is 3. The maximum Gasteiger partial charge on any atom is 0.223 e. The third-order valence-corrected chi connectivity index (χ3v) is 13.3. The number of rotatable bonds is 17. The standard InChI is InChI=1S/C19H35NO.C18H35NO.C17H31NO/c1-19(2,3)20-18(21)17(14-16-10-6-7-11-16)13-12-15-8-4-5-9-15;1-17(2,3)13-15(16(20)19-18(4,5)6)12-11-14-9-7-8-10-14;1-13(2)12-15(16(19)18-17(3,4)5)11-10-14-8-6-7-9-14/h15-17H,4-14H2,1-3H3,(H,20,21);14-15H,7-13H2,1-6H3,(H,19,20);14-15H,1,6-12H2,2-5H3,(H,18,19). The summed E-state index contributed by atoms with van der Waals surface area (Å²) in [4.78, 5) is 37.5. The largest absolute Gasteiger partial charge is 0.351 e. The average molecular weight is 840 g/mol. The fourth-order valence-electron chi connectivity index (χ4n) is 10.4. The Balaban J connectivity index is 0.000000311. The molecule has 0 aromatic heterocycles. The molecule has 3 unspecified atom stereocenters. The van der Waals surface area contributed by atoms with Gasteiger partial charge in [0.15, 0.2) is 0 Å². The van der Waals surface area contributed by atoms with E-state index in [9.17, 15) is 14.4 Å². The molecule has 4 fully saturated rings. The number of hydrogen-bond acceptors (Lipinski definition) is 3. The van der Waals surface area contributed by atoms with E-state index in [0.29, 0.717) is 5.91 Å². The number of allylic oxidation sites excluding steroid dienone is 1. The van der Waals surface area contributed by atoms with Crippen LogP contribution in [0.5, 0.6) is 0 Å². The van der Waals surface area contributed by atoms with Gasteiger partial charge in [0.2, 0.25) is 17.7 Å². The van der Waals surface area contributed by atoms with E-state index in [2.05, 4.69) is 84.8 Å². The molecule has 4 aliphatic rings. The van der Waals surface area contributed by atoms with Crippen molar-refractivity contribution in [2.75, 3.05) is 0 Å². The van der Waals surface area contributed by atoms with Gasteiger partial charge >= 0.3 is 0 Å². The summed E-state index contributed by atoms with van der Waals surface area (Å²) in [6, 6.07) is 0. The number of carbonyl (C=O) groups excluding carboxylic acids is 3. The van der Waals surface area contributed by atoms with Crippen LogP contribution in [0.4, 0.5) is 0 Å². The zero-order valence-electron chi connectivity index (χ0n) is 42.2. The Morgan fingerprint density at radius 1 is 0.467 bits per heavy atom. The van der Waals surface area contributed by atoms with Crippen molar-refractivity contribution in [3.63, 3.8) is 0 Å². The van der Waals surface area contributed by atoms with Crippen molar-refractivity contribution >= 4 is 17.7 Å². The van der Waals surface area contributed by atoms with Crippen LogP contribution in [0.2, 0.25) is 0 Å². The second kappa shape index (κ2) is 26.1. The second-order valence-electron chi connectivity index (χ2n) is 24.8. The van der Waals surface area contributed by atoms with Gasteiger partial charge in [-0.25, -0.2) is 0 Å². The summed E-state index contributed by atoms with van der Waals surface area (Å²) >= 11 is 0. The molecular weight excluding hydrogens is 739 g/mol. The molecule has 60 heavy (non-hydrogen) atoms. The lowest BCUT2D eigenvalue weighted by atomic mass is 9.80. The molecule has 3 atom stereocenters. The molecule has 4 aliphatic carbocycles. The van der Waals surface area contributed by atoms with E-state index < -0.39 is 0 Å². The van der Waals surface area contributed by atoms with Crippen LogP contribution in [0.1, 0.15) is 251 Å². The van der Waals surface area contributed by atoms with Crippen molar-refractivity contribution in [2.24, 2.45) is 46.8 Å². The lowest BCUT2D eigenvalue weighted by molar-refractivity contribution is -0.128. The van der Waals surface area contributed by atoms with E-state index in [4.69, 9.17) is 0 Å². The van der Waals surface area contributed by atoms with Gasteiger partial charge < -0.3 is 16.0 Å². The van der Waals surface area contributed by atoms with E-state index in [-0.39, 0.29) is 51.6 Å². The summed E-state index contributed by atoms with van der Waals surface area (Å²) in [5, 5.41) is 9.53. The fourth-order valence-corrected chi connectivity index (χ4v) is 10.4. The van der Waals surface area contributed by atoms with Crippen LogP contribution in [0.3, 0.4) is 0 Å². The summed E-state index contributed by atoms with van der Waals surface area (Å²) in [5.74, 6) is 4.75. The third-order valence-electron chi connectivity index (χ3n) is 13.3. The highest BCUT2D eigenvalue weighted by Crippen LogP contribution is 2.36. The maximum atomic E-state index is 12.6. The number of amides is 3. The van der Waals surface area contributed by atoms with Gasteiger partial charge in [-0.1, -0.05) is 129 Å². The van der Waals surface area contributed by atoms with Gasteiger partial charge in [-0.3, -0.25) is 14.4 Å². The minimum absolute atomic E-state index is 0.0988. The van der Waals surface area contributed by atoms with Gasteiger partial charge in [-0.05, 0) is 156 Å². The van der Waals surface area contributed by atoms with Gasteiger partial charge in [-0.15, -0.1) is 6.58 Å². The zero-order chi connectivity index (χ0) is 45.1. The molecule has 0 heterocycles. The molecule has 0 aliphatic heterocycles. The molecular formula is C54H101N3O3. The van der Waals surface area contributed by atoms with Crippen LogP contribution >= 0.6 is 0 Å². The van der Waals surface area contributed by atoms with Crippen molar-refractivity contribution in [1.29, 1.82) is 0 Å². The number of hydrogen-bond donors (Lipinski definition) is 3. The first-order valence-corrected chi connectivity index (χ1v) is 25.4. The molecule has 6 heteroatoms. The van der Waals surface area contributed by atoms with Crippen LogP contribution in [0.15, 0.2) is 12.2 Å². The molecule has 350 valence electrons. The fraction of sp³-hybridized carbons (Fsp3) is 0.907. The Hall–Kier alpha value is -1.85. The molecule has 0 bridgehead atoms.